The van der Waals surface area contributed by atoms with E-state index in [2.05, 4.69) is 51.3 Å². The normalized spacial score (nSPS) is 15.2. The lowest BCUT2D eigenvalue weighted by Crippen LogP contribution is -2.46. The fraction of sp³-hybridized carbons (Fsp3) is 0.500. The second kappa shape index (κ2) is 9.14. The summed E-state index contributed by atoms with van der Waals surface area (Å²) in [5.41, 5.74) is 5.20. The van der Waals surface area contributed by atoms with Crippen LogP contribution < -0.4 is 10.2 Å². The van der Waals surface area contributed by atoms with E-state index in [1.165, 1.54) is 22.6 Å². The Hall–Kier alpha value is -1.92. The Morgan fingerprint density at radius 2 is 2.00 bits per heavy atom. The average molecular weight is 373 g/mol. The minimum atomic E-state index is 0.0109. The van der Waals surface area contributed by atoms with E-state index in [0.29, 0.717) is 0 Å². The second-order valence-electron chi connectivity index (χ2n) is 6.90. The molecular weight excluding hydrogens is 344 g/mol. The zero-order chi connectivity index (χ0) is 18.4. The van der Waals surface area contributed by atoms with Gasteiger partial charge in [0, 0.05) is 38.4 Å². The molecule has 2 aromatic rings. The van der Waals surface area contributed by atoms with Gasteiger partial charge < -0.3 is 10.2 Å². The number of aromatic nitrogens is 1. The first-order chi connectivity index (χ1) is 12.6. The van der Waals surface area contributed by atoms with Gasteiger partial charge in [-0.25, -0.2) is 4.98 Å². The van der Waals surface area contributed by atoms with Crippen LogP contribution in [0.3, 0.4) is 0 Å². The maximum Gasteiger partial charge on any atom is 0.263 e. The van der Waals surface area contributed by atoms with Crippen LogP contribution >= 0.6 is 11.3 Å². The third-order valence-electron chi connectivity index (χ3n) is 4.88. The molecular formula is C20H28N4OS. The fourth-order valence-corrected chi connectivity index (χ4v) is 4.04. The molecule has 1 saturated heterocycles. The van der Waals surface area contributed by atoms with Crippen molar-refractivity contribution in [3.63, 3.8) is 0 Å². The summed E-state index contributed by atoms with van der Waals surface area (Å²) < 4.78 is 0. The first-order valence-electron chi connectivity index (χ1n) is 9.36. The van der Waals surface area contributed by atoms with Gasteiger partial charge in [-0.1, -0.05) is 12.1 Å². The van der Waals surface area contributed by atoms with Gasteiger partial charge in [0.1, 0.15) is 4.88 Å². The molecule has 0 unspecified atom stereocenters. The van der Waals surface area contributed by atoms with Crippen molar-refractivity contribution in [3.8, 4) is 0 Å². The number of benzene rings is 1. The summed E-state index contributed by atoms with van der Waals surface area (Å²) in [7, 11) is 0. The number of hydrogen-bond acceptors (Lipinski definition) is 5. The molecule has 5 nitrogen and oxygen atoms in total. The number of carbonyl (C=O) groups excluding carboxylic acids is 1. The molecule has 1 N–H and O–H groups in total. The Balaban J connectivity index is 1.31. The van der Waals surface area contributed by atoms with Crippen molar-refractivity contribution in [2.24, 2.45) is 0 Å². The molecule has 26 heavy (non-hydrogen) atoms. The first-order valence-corrected chi connectivity index (χ1v) is 10.2. The van der Waals surface area contributed by atoms with E-state index >= 15 is 0 Å². The van der Waals surface area contributed by atoms with E-state index in [1.54, 1.807) is 5.51 Å². The van der Waals surface area contributed by atoms with Gasteiger partial charge in [0.25, 0.3) is 5.91 Å². The van der Waals surface area contributed by atoms with Crippen molar-refractivity contribution < 1.29 is 4.79 Å². The van der Waals surface area contributed by atoms with Gasteiger partial charge in [0.05, 0.1) is 11.2 Å². The summed E-state index contributed by atoms with van der Waals surface area (Å²) in [5.74, 6) is 0.0109. The molecule has 1 aliphatic rings. The molecule has 1 aliphatic heterocycles. The third-order valence-corrected chi connectivity index (χ3v) is 5.80. The van der Waals surface area contributed by atoms with Gasteiger partial charge in [-0.05, 0) is 50.9 Å². The van der Waals surface area contributed by atoms with Crippen LogP contribution in [0, 0.1) is 13.8 Å². The molecule has 0 radical (unpaired) electrons. The van der Waals surface area contributed by atoms with Crippen molar-refractivity contribution in [1.82, 2.24) is 15.2 Å². The number of hydrogen-bond donors (Lipinski definition) is 1. The summed E-state index contributed by atoms with van der Waals surface area (Å²) in [6, 6.07) is 8.76. The van der Waals surface area contributed by atoms with Crippen molar-refractivity contribution >= 4 is 22.9 Å². The molecule has 1 aromatic heterocycles. The average Bonchev–Trinajstić information content (AvgIpc) is 3.08. The number of unbranched alkanes of at least 4 members (excludes halogenated alkanes) is 1. The van der Waals surface area contributed by atoms with Crippen LogP contribution in [0.4, 0.5) is 5.69 Å². The van der Waals surface area contributed by atoms with Crippen LogP contribution in [0.2, 0.25) is 0 Å². The quantitative estimate of drug-likeness (QED) is 0.759. The smallest absolute Gasteiger partial charge is 0.263 e. The molecule has 0 bridgehead atoms. The molecule has 1 amide bonds. The minimum Gasteiger partial charge on any atom is -0.369 e. The van der Waals surface area contributed by atoms with Gasteiger partial charge in [-0.2, -0.15) is 0 Å². The van der Waals surface area contributed by atoms with Crippen molar-refractivity contribution in [2.75, 3.05) is 44.2 Å². The van der Waals surface area contributed by atoms with Crippen LogP contribution in [0.5, 0.6) is 0 Å². The Kier molecular flexibility index (Phi) is 6.63. The topological polar surface area (TPSA) is 48.5 Å². The van der Waals surface area contributed by atoms with Crippen LogP contribution in [0.15, 0.2) is 29.8 Å². The summed E-state index contributed by atoms with van der Waals surface area (Å²) in [6.07, 6.45) is 2.13. The highest BCUT2D eigenvalue weighted by Gasteiger charge is 2.17. The predicted octanol–water partition coefficient (Wildman–Crippen LogP) is 3.09. The Morgan fingerprint density at radius 1 is 1.19 bits per heavy atom. The second-order valence-corrected chi connectivity index (χ2v) is 7.75. The number of piperazine rings is 1. The van der Waals surface area contributed by atoms with E-state index in [-0.39, 0.29) is 5.91 Å². The maximum absolute atomic E-state index is 12.0. The molecule has 0 spiro atoms. The lowest BCUT2D eigenvalue weighted by atomic mass is 10.2. The molecule has 1 fully saturated rings. The summed E-state index contributed by atoms with van der Waals surface area (Å²) >= 11 is 1.41. The van der Waals surface area contributed by atoms with E-state index < -0.39 is 0 Å². The lowest BCUT2D eigenvalue weighted by molar-refractivity contribution is 0.0955. The maximum atomic E-state index is 12.0. The van der Waals surface area contributed by atoms with Gasteiger partial charge in [-0.3, -0.25) is 9.69 Å². The predicted molar refractivity (Wildman–Crippen MR) is 108 cm³/mol. The number of rotatable bonds is 7. The summed E-state index contributed by atoms with van der Waals surface area (Å²) in [5, 5.41) is 3.00. The highest BCUT2D eigenvalue weighted by atomic mass is 32.1. The van der Waals surface area contributed by atoms with Crippen LogP contribution in [0.1, 0.15) is 33.8 Å². The first kappa shape index (κ1) is 18.9. The number of carbonyl (C=O) groups is 1. The van der Waals surface area contributed by atoms with Crippen LogP contribution in [-0.2, 0) is 0 Å². The highest BCUT2D eigenvalue weighted by molar-refractivity contribution is 7.11. The monoisotopic (exact) mass is 372 g/mol. The van der Waals surface area contributed by atoms with E-state index in [4.69, 9.17) is 0 Å². The number of nitrogens with zero attached hydrogens (tertiary/aromatic N) is 3. The largest absolute Gasteiger partial charge is 0.369 e. The zero-order valence-corrected chi connectivity index (χ0v) is 16.5. The molecule has 0 aliphatic carbocycles. The van der Waals surface area contributed by atoms with Gasteiger partial charge in [-0.15, -0.1) is 11.3 Å². The van der Waals surface area contributed by atoms with Gasteiger partial charge >= 0.3 is 0 Å². The number of thiazole rings is 1. The van der Waals surface area contributed by atoms with Crippen molar-refractivity contribution in [2.45, 2.75) is 26.7 Å². The third kappa shape index (κ3) is 5.05. The Labute approximate surface area is 160 Å². The summed E-state index contributed by atoms with van der Waals surface area (Å²) in [4.78, 5) is 21.9. The molecule has 2 heterocycles. The number of amides is 1. The van der Waals surface area contributed by atoms with Crippen molar-refractivity contribution in [1.29, 1.82) is 0 Å². The van der Waals surface area contributed by atoms with E-state index in [9.17, 15) is 4.79 Å². The SMILES string of the molecule is Cc1cccc(N2CCN(CCCCNC(=O)c3scnc3C)CC2)c1. The Bertz CT molecular complexity index is 722. The molecule has 140 valence electrons. The van der Waals surface area contributed by atoms with Crippen LogP contribution in [-0.4, -0.2) is 55.1 Å². The highest BCUT2D eigenvalue weighted by Crippen LogP contribution is 2.18. The molecule has 6 heteroatoms. The number of aryl methyl sites for hydroxylation is 2. The lowest BCUT2D eigenvalue weighted by Gasteiger charge is -2.36. The fourth-order valence-electron chi connectivity index (χ4n) is 3.32. The zero-order valence-electron chi connectivity index (χ0n) is 15.7. The van der Waals surface area contributed by atoms with Gasteiger partial charge in [0.15, 0.2) is 0 Å². The molecule has 3 rings (SSSR count). The van der Waals surface area contributed by atoms with E-state index in [1.807, 2.05) is 6.92 Å². The summed E-state index contributed by atoms with van der Waals surface area (Å²) in [6.45, 7) is 10.3. The molecule has 0 saturated carbocycles. The van der Waals surface area contributed by atoms with E-state index in [0.717, 1.165) is 62.7 Å². The Morgan fingerprint density at radius 3 is 2.69 bits per heavy atom. The standard InChI is InChI=1S/C20H28N4OS/c1-16-6-5-7-18(14-16)24-12-10-23(11-13-24)9-4-3-8-21-20(25)19-17(2)22-15-26-19/h5-7,14-15H,3-4,8-13H2,1-2H3,(H,21,25). The number of anilines is 1. The van der Waals surface area contributed by atoms with Crippen LogP contribution in [0.25, 0.3) is 0 Å². The number of nitrogens with one attached hydrogen (secondary N) is 1. The molecule has 1 aromatic carbocycles. The minimum absolute atomic E-state index is 0.0109. The van der Waals surface area contributed by atoms with Crippen molar-refractivity contribution in [3.05, 3.63) is 45.9 Å². The molecule has 0 atom stereocenters. The van der Waals surface area contributed by atoms with Gasteiger partial charge in [0.2, 0.25) is 0 Å².